The number of fused-ring (bicyclic) bond motifs is 3. The van der Waals surface area contributed by atoms with Gasteiger partial charge in [-0.1, -0.05) is 0 Å². The van der Waals surface area contributed by atoms with Gasteiger partial charge in [0.2, 0.25) is 0 Å². The van der Waals surface area contributed by atoms with Crippen molar-refractivity contribution in [2.45, 2.75) is 58.8 Å². The van der Waals surface area contributed by atoms with Crippen molar-refractivity contribution < 1.29 is 61.9 Å². The zero-order valence-corrected chi connectivity index (χ0v) is 20.5. The molecule has 0 amide bonds. The molecule has 0 nitrogen and oxygen atoms in total. The topological polar surface area (TPSA) is 0 Å². The van der Waals surface area contributed by atoms with Crippen molar-refractivity contribution in [1.82, 2.24) is 0 Å². The minimum absolute atomic E-state index is 0. The van der Waals surface area contributed by atoms with Crippen molar-refractivity contribution in [3.63, 3.8) is 0 Å². The zero-order chi connectivity index (χ0) is 16.3. The Morgan fingerprint density at radius 3 is 1.84 bits per heavy atom. The van der Waals surface area contributed by atoms with E-state index in [0.717, 1.165) is 6.42 Å². The maximum absolute atomic E-state index is 2.43. The molecule has 1 aliphatic rings. The second-order valence-corrected chi connectivity index (χ2v) is 9.79. The SMILES string of the molecule is CC(C)(C)c1ccc2c(c1)Cc1c-2ccc(C(C)(C)C)[c]1[Zr+3].[Cl-].[Cl-].[Cl-]. The summed E-state index contributed by atoms with van der Waals surface area (Å²) in [5.41, 5.74) is 9.43. The summed E-state index contributed by atoms with van der Waals surface area (Å²) < 4.78 is 1.57. The van der Waals surface area contributed by atoms with E-state index in [9.17, 15) is 0 Å². The summed E-state index contributed by atoms with van der Waals surface area (Å²) in [7, 11) is 0. The summed E-state index contributed by atoms with van der Waals surface area (Å²) in [6.45, 7) is 13.9. The van der Waals surface area contributed by atoms with E-state index in [1.165, 1.54) is 27.8 Å². The van der Waals surface area contributed by atoms with Crippen LogP contribution in [-0.2, 0) is 42.0 Å². The number of rotatable bonds is 0. The quantitative estimate of drug-likeness (QED) is 0.312. The molecule has 0 saturated heterocycles. The van der Waals surface area contributed by atoms with Crippen molar-refractivity contribution in [2.75, 3.05) is 0 Å². The Balaban J connectivity index is 0.00000192. The molecule has 0 bridgehead atoms. The van der Waals surface area contributed by atoms with Crippen LogP contribution < -0.4 is 40.5 Å². The van der Waals surface area contributed by atoms with Crippen LogP contribution in [0.2, 0.25) is 0 Å². The predicted molar refractivity (Wildman–Crippen MR) is 91.7 cm³/mol. The molecule has 0 saturated carbocycles. The first-order valence-corrected chi connectivity index (χ1v) is 9.33. The van der Waals surface area contributed by atoms with E-state index in [0.29, 0.717) is 0 Å². The van der Waals surface area contributed by atoms with Crippen LogP contribution in [0.25, 0.3) is 11.1 Å². The molecule has 0 radical (unpaired) electrons. The Kier molecular flexibility index (Phi) is 8.54. The van der Waals surface area contributed by atoms with Gasteiger partial charge in [-0.05, 0) is 0 Å². The van der Waals surface area contributed by atoms with Gasteiger partial charge >= 0.3 is 150 Å². The van der Waals surface area contributed by atoms with E-state index in [4.69, 9.17) is 0 Å². The summed E-state index contributed by atoms with van der Waals surface area (Å²) in [5, 5.41) is 0. The summed E-state index contributed by atoms with van der Waals surface area (Å²) in [4.78, 5) is 0. The number of hydrogen-bond donors (Lipinski definition) is 0. The van der Waals surface area contributed by atoms with Crippen molar-refractivity contribution in [2.24, 2.45) is 0 Å². The molecule has 0 unspecified atom stereocenters. The van der Waals surface area contributed by atoms with Gasteiger partial charge < -0.3 is 37.2 Å². The standard InChI is InChI=1S/C21H25.3ClH.Zr/c1-20(2,3)16-7-9-18-14(12-16)11-15-13-17(21(4,5)6)8-10-19(15)18;;;;/h7-10,12H,11H2,1-6H3;3*1H;/q;;;;+3/p-3. The van der Waals surface area contributed by atoms with Gasteiger partial charge in [0.25, 0.3) is 0 Å². The maximum Gasteiger partial charge on any atom is -1.00 e. The van der Waals surface area contributed by atoms with Gasteiger partial charge in [0.15, 0.2) is 0 Å². The fourth-order valence-electron chi connectivity index (χ4n) is 3.37. The molecule has 1 aliphatic carbocycles. The molecular weight excluding hydrogens is 450 g/mol. The van der Waals surface area contributed by atoms with Crippen LogP contribution in [0.4, 0.5) is 0 Å². The zero-order valence-electron chi connectivity index (χ0n) is 15.7. The minimum atomic E-state index is 0. The number of halogens is 3. The molecule has 0 spiro atoms. The summed E-state index contributed by atoms with van der Waals surface area (Å²) >= 11 is 1.54. The van der Waals surface area contributed by atoms with Gasteiger partial charge in [0.05, 0.1) is 0 Å². The van der Waals surface area contributed by atoms with Gasteiger partial charge in [0, 0.05) is 0 Å². The molecule has 134 valence electrons. The minimum Gasteiger partial charge on any atom is -1.00 e. The van der Waals surface area contributed by atoms with E-state index in [2.05, 4.69) is 71.9 Å². The van der Waals surface area contributed by atoms with E-state index >= 15 is 0 Å². The number of benzene rings is 2. The van der Waals surface area contributed by atoms with E-state index in [1.54, 1.807) is 33.6 Å². The van der Waals surface area contributed by atoms with E-state index in [-0.39, 0.29) is 48.1 Å². The average Bonchev–Trinajstić information content (AvgIpc) is 2.75. The van der Waals surface area contributed by atoms with Crippen LogP contribution in [0, 0.1) is 0 Å². The molecule has 2 aromatic carbocycles. The van der Waals surface area contributed by atoms with Gasteiger partial charge in [-0.3, -0.25) is 0 Å². The third-order valence-corrected chi connectivity index (χ3v) is 6.15. The smallest absolute Gasteiger partial charge is 1.00 e. The monoisotopic (exact) mass is 472 g/mol. The van der Waals surface area contributed by atoms with Crippen LogP contribution >= 0.6 is 0 Å². The first kappa shape index (κ1) is 25.2. The Hall–Kier alpha value is 0.193. The van der Waals surface area contributed by atoms with Crippen LogP contribution in [-0.4, -0.2) is 0 Å². The van der Waals surface area contributed by atoms with Crippen molar-refractivity contribution >= 4 is 3.27 Å². The van der Waals surface area contributed by atoms with Crippen LogP contribution in [0.1, 0.15) is 63.8 Å². The Morgan fingerprint density at radius 2 is 1.32 bits per heavy atom. The maximum atomic E-state index is 2.43. The molecule has 0 fully saturated rings. The second-order valence-electron chi connectivity index (χ2n) is 8.56. The summed E-state index contributed by atoms with van der Waals surface area (Å²) in [6, 6.07) is 11.8. The van der Waals surface area contributed by atoms with E-state index in [1.807, 2.05) is 0 Å². The van der Waals surface area contributed by atoms with Gasteiger partial charge in [-0.2, -0.15) is 0 Å². The summed E-state index contributed by atoms with van der Waals surface area (Å²) in [6.07, 6.45) is 1.11. The van der Waals surface area contributed by atoms with Crippen LogP contribution in [0.5, 0.6) is 0 Å². The third kappa shape index (κ3) is 4.73. The molecule has 0 aromatic heterocycles. The molecule has 3 rings (SSSR count). The van der Waals surface area contributed by atoms with Gasteiger partial charge in [-0.15, -0.1) is 0 Å². The molecular formula is C21H25Cl3Zr. The van der Waals surface area contributed by atoms with Crippen molar-refractivity contribution in [3.05, 3.63) is 52.6 Å². The molecule has 0 aliphatic heterocycles. The van der Waals surface area contributed by atoms with E-state index < -0.39 is 0 Å². The molecule has 4 heteroatoms. The molecule has 0 heterocycles. The molecule has 0 N–H and O–H groups in total. The van der Waals surface area contributed by atoms with Gasteiger partial charge in [-0.25, -0.2) is 0 Å². The Bertz CT molecular complexity index is 753. The molecule has 25 heavy (non-hydrogen) atoms. The first-order chi connectivity index (χ1) is 10.1. The molecule has 2 aromatic rings. The Labute approximate surface area is 186 Å². The predicted octanol–water partition coefficient (Wildman–Crippen LogP) is -3.96. The largest absolute Gasteiger partial charge is 1.00 e. The van der Waals surface area contributed by atoms with Crippen LogP contribution in [0.3, 0.4) is 0 Å². The average molecular weight is 475 g/mol. The van der Waals surface area contributed by atoms with Crippen molar-refractivity contribution in [3.8, 4) is 11.1 Å². The van der Waals surface area contributed by atoms with Gasteiger partial charge in [0.1, 0.15) is 0 Å². The van der Waals surface area contributed by atoms with Crippen LogP contribution in [0.15, 0.2) is 30.3 Å². The number of hydrogen-bond acceptors (Lipinski definition) is 0. The fraction of sp³-hybridized carbons (Fsp3) is 0.429. The summed E-state index contributed by atoms with van der Waals surface area (Å²) in [5.74, 6) is 0. The fourth-order valence-corrected chi connectivity index (χ4v) is 5.04. The second kappa shape index (κ2) is 8.47. The van der Waals surface area contributed by atoms with Crippen molar-refractivity contribution in [1.29, 1.82) is 0 Å². The third-order valence-electron chi connectivity index (χ3n) is 4.75. The first-order valence-electron chi connectivity index (χ1n) is 8.11. The Morgan fingerprint density at radius 1 is 0.760 bits per heavy atom. The normalized spacial score (nSPS) is 12.3. The molecule has 0 atom stereocenters.